The van der Waals surface area contributed by atoms with E-state index in [1.165, 1.54) is 10.4 Å². The summed E-state index contributed by atoms with van der Waals surface area (Å²) in [7, 11) is 0. The molecule has 1 heterocycles. The number of rotatable bonds is 4. The highest BCUT2D eigenvalue weighted by molar-refractivity contribution is 7.11. The average Bonchev–Trinajstić information content (AvgIpc) is 2.74. The molecule has 0 aliphatic carbocycles. The van der Waals surface area contributed by atoms with Crippen molar-refractivity contribution in [2.75, 3.05) is 6.61 Å². The molecule has 16 heavy (non-hydrogen) atoms. The quantitative estimate of drug-likeness (QED) is 0.805. The van der Waals surface area contributed by atoms with Crippen LogP contribution in [0, 0.1) is 6.92 Å². The van der Waals surface area contributed by atoms with Gasteiger partial charge in [0.15, 0.2) is 0 Å². The molecule has 0 aliphatic heterocycles. The van der Waals surface area contributed by atoms with E-state index in [0.29, 0.717) is 6.61 Å². The SMILES string of the molecule is CCOC(c1ccccc1)c1ncc(C)s1. The molecule has 2 rings (SSSR count). The molecule has 0 fully saturated rings. The van der Waals surface area contributed by atoms with Gasteiger partial charge in [0.1, 0.15) is 11.1 Å². The van der Waals surface area contributed by atoms with Crippen LogP contribution in [0.5, 0.6) is 0 Å². The van der Waals surface area contributed by atoms with E-state index < -0.39 is 0 Å². The Labute approximate surface area is 99.9 Å². The lowest BCUT2D eigenvalue weighted by molar-refractivity contribution is 0.0911. The average molecular weight is 233 g/mol. The van der Waals surface area contributed by atoms with Crippen LogP contribution in [0.2, 0.25) is 0 Å². The number of benzene rings is 1. The molecule has 0 aliphatic rings. The third kappa shape index (κ3) is 2.49. The lowest BCUT2D eigenvalue weighted by Crippen LogP contribution is -2.05. The fraction of sp³-hybridized carbons (Fsp3) is 0.308. The monoisotopic (exact) mass is 233 g/mol. The van der Waals surface area contributed by atoms with Crippen molar-refractivity contribution in [1.29, 1.82) is 0 Å². The van der Waals surface area contributed by atoms with Crippen LogP contribution in [0.15, 0.2) is 36.5 Å². The Morgan fingerprint density at radius 2 is 2.06 bits per heavy atom. The van der Waals surface area contributed by atoms with E-state index in [9.17, 15) is 0 Å². The summed E-state index contributed by atoms with van der Waals surface area (Å²) >= 11 is 1.69. The third-order valence-corrected chi connectivity index (χ3v) is 3.26. The predicted molar refractivity (Wildman–Crippen MR) is 66.8 cm³/mol. The molecule has 84 valence electrons. The van der Waals surface area contributed by atoms with E-state index in [2.05, 4.69) is 24.0 Å². The summed E-state index contributed by atoms with van der Waals surface area (Å²) in [5, 5.41) is 1.03. The molecule has 0 saturated heterocycles. The Hall–Kier alpha value is -1.19. The summed E-state index contributed by atoms with van der Waals surface area (Å²) in [6.07, 6.45) is 1.87. The number of ether oxygens (including phenoxy) is 1. The molecule has 2 aromatic rings. The number of nitrogens with zero attached hydrogens (tertiary/aromatic N) is 1. The van der Waals surface area contributed by atoms with Gasteiger partial charge in [-0.2, -0.15) is 0 Å². The van der Waals surface area contributed by atoms with Gasteiger partial charge in [0.2, 0.25) is 0 Å². The maximum atomic E-state index is 5.78. The van der Waals surface area contributed by atoms with Gasteiger partial charge in [-0.1, -0.05) is 30.3 Å². The molecule has 1 aromatic heterocycles. The van der Waals surface area contributed by atoms with Crippen molar-refractivity contribution >= 4 is 11.3 Å². The first kappa shape index (κ1) is 11.3. The second-order valence-corrected chi connectivity index (χ2v) is 4.82. The van der Waals surface area contributed by atoms with Gasteiger partial charge in [0.25, 0.3) is 0 Å². The van der Waals surface area contributed by atoms with E-state index in [-0.39, 0.29) is 6.10 Å². The molecule has 1 unspecified atom stereocenters. The van der Waals surface area contributed by atoms with Crippen molar-refractivity contribution < 1.29 is 4.74 Å². The van der Waals surface area contributed by atoms with Crippen molar-refractivity contribution in [2.24, 2.45) is 0 Å². The van der Waals surface area contributed by atoms with Crippen LogP contribution in [0.4, 0.5) is 0 Å². The lowest BCUT2D eigenvalue weighted by atomic mass is 10.1. The molecule has 3 heteroatoms. The predicted octanol–water partition coefficient (Wildman–Crippen LogP) is 3.58. The zero-order valence-electron chi connectivity index (χ0n) is 9.51. The number of aryl methyl sites for hydroxylation is 1. The Balaban J connectivity index is 2.31. The molecule has 0 radical (unpaired) electrons. The van der Waals surface area contributed by atoms with E-state index in [4.69, 9.17) is 4.74 Å². The summed E-state index contributed by atoms with van der Waals surface area (Å²) in [4.78, 5) is 5.62. The van der Waals surface area contributed by atoms with E-state index in [0.717, 1.165) is 5.01 Å². The van der Waals surface area contributed by atoms with Crippen molar-refractivity contribution in [1.82, 2.24) is 4.98 Å². The van der Waals surface area contributed by atoms with Crippen molar-refractivity contribution in [3.05, 3.63) is 52.0 Å². The first-order chi connectivity index (χ1) is 7.81. The minimum absolute atomic E-state index is 0.0232. The van der Waals surface area contributed by atoms with Crippen LogP contribution in [0.25, 0.3) is 0 Å². The smallest absolute Gasteiger partial charge is 0.134 e. The second kappa shape index (κ2) is 5.23. The molecular weight excluding hydrogens is 218 g/mol. The van der Waals surface area contributed by atoms with Gasteiger partial charge >= 0.3 is 0 Å². The molecule has 0 saturated carbocycles. The van der Waals surface area contributed by atoms with Gasteiger partial charge in [-0.15, -0.1) is 11.3 Å². The largest absolute Gasteiger partial charge is 0.367 e. The molecule has 0 spiro atoms. The zero-order valence-corrected chi connectivity index (χ0v) is 10.3. The third-order valence-electron chi connectivity index (χ3n) is 2.30. The van der Waals surface area contributed by atoms with E-state index in [1.54, 1.807) is 11.3 Å². The highest BCUT2D eigenvalue weighted by Crippen LogP contribution is 2.28. The Kier molecular flexibility index (Phi) is 3.70. The highest BCUT2D eigenvalue weighted by Gasteiger charge is 2.16. The number of hydrogen-bond acceptors (Lipinski definition) is 3. The molecule has 0 N–H and O–H groups in total. The van der Waals surface area contributed by atoms with Gasteiger partial charge in [-0.3, -0.25) is 0 Å². The summed E-state index contributed by atoms with van der Waals surface area (Å²) < 4.78 is 5.78. The summed E-state index contributed by atoms with van der Waals surface area (Å²) in [6.45, 7) is 4.77. The van der Waals surface area contributed by atoms with Crippen LogP contribution in [-0.2, 0) is 4.74 Å². The Morgan fingerprint density at radius 3 is 2.62 bits per heavy atom. The maximum Gasteiger partial charge on any atom is 0.134 e. The van der Waals surface area contributed by atoms with E-state index in [1.807, 2.05) is 31.3 Å². The van der Waals surface area contributed by atoms with Gasteiger partial charge in [0, 0.05) is 17.7 Å². The summed E-state index contributed by atoms with van der Waals surface area (Å²) in [5.74, 6) is 0. The van der Waals surface area contributed by atoms with Gasteiger partial charge in [-0.25, -0.2) is 4.98 Å². The van der Waals surface area contributed by atoms with Gasteiger partial charge < -0.3 is 4.74 Å². The summed E-state index contributed by atoms with van der Waals surface area (Å²) in [5.41, 5.74) is 1.17. The molecular formula is C13H15NOS. The minimum atomic E-state index is -0.0232. The van der Waals surface area contributed by atoms with Crippen LogP contribution in [-0.4, -0.2) is 11.6 Å². The fourth-order valence-corrected chi connectivity index (χ4v) is 2.45. The van der Waals surface area contributed by atoms with Gasteiger partial charge in [0.05, 0.1) is 0 Å². The zero-order chi connectivity index (χ0) is 11.4. The fourth-order valence-electron chi connectivity index (χ4n) is 1.60. The second-order valence-electron chi connectivity index (χ2n) is 3.56. The normalized spacial score (nSPS) is 12.6. The molecule has 1 atom stereocenters. The summed E-state index contributed by atoms with van der Waals surface area (Å²) in [6, 6.07) is 10.2. The number of hydrogen-bond donors (Lipinski definition) is 0. The number of aromatic nitrogens is 1. The number of thiazole rings is 1. The standard InChI is InChI=1S/C13H15NOS/c1-3-15-12(11-7-5-4-6-8-11)13-14-9-10(2)16-13/h4-9,12H,3H2,1-2H3. The highest BCUT2D eigenvalue weighted by atomic mass is 32.1. The Bertz CT molecular complexity index is 438. The molecule has 0 bridgehead atoms. The maximum absolute atomic E-state index is 5.78. The first-order valence-electron chi connectivity index (χ1n) is 5.40. The molecule has 0 amide bonds. The Morgan fingerprint density at radius 1 is 1.31 bits per heavy atom. The molecule has 1 aromatic carbocycles. The van der Waals surface area contributed by atoms with Crippen LogP contribution in [0.1, 0.15) is 28.5 Å². The minimum Gasteiger partial charge on any atom is -0.367 e. The molecule has 2 nitrogen and oxygen atoms in total. The van der Waals surface area contributed by atoms with Crippen LogP contribution < -0.4 is 0 Å². The first-order valence-corrected chi connectivity index (χ1v) is 6.21. The van der Waals surface area contributed by atoms with Gasteiger partial charge in [-0.05, 0) is 19.4 Å². The lowest BCUT2D eigenvalue weighted by Gasteiger charge is -2.14. The van der Waals surface area contributed by atoms with Crippen molar-refractivity contribution in [3.8, 4) is 0 Å². The van der Waals surface area contributed by atoms with Crippen LogP contribution in [0.3, 0.4) is 0 Å². The topological polar surface area (TPSA) is 22.1 Å². The van der Waals surface area contributed by atoms with Crippen molar-refractivity contribution in [2.45, 2.75) is 20.0 Å². The van der Waals surface area contributed by atoms with Crippen LogP contribution >= 0.6 is 11.3 Å². The van der Waals surface area contributed by atoms with Crippen molar-refractivity contribution in [3.63, 3.8) is 0 Å². The van der Waals surface area contributed by atoms with E-state index >= 15 is 0 Å².